The molecule has 0 bridgehead atoms. The smallest absolute Gasteiger partial charge is 0.258 e. The molecule has 2 nitrogen and oxygen atoms in total. The average molecular weight is 404 g/mol. The molecule has 3 aromatic rings. The van der Waals surface area contributed by atoms with Crippen molar-refractivity contribution in [3.63, 3.8) is 0 Å². The summed E-state index contributed by atoms with van der Waals surface area (Å²) in [5.74, 6) is 0.740. The van der Waals surface area contributed by atoms with E-state index in [1.807, 2.05) is 71.9 Å². The lowest BCUT2D eigenvalue weighted by atomic mass is 10.1. The molecule has 0 aromatic heterocycles. The molecule has 0 radical (unpaired) electrons. The van der Waals surface area contributed by atoms with E-state index in [4.69, 9.17) is 4.52 Å². The third-order valence-electron chi connectivity index (χ3n) is 5.61. The summed E-state index contributed by atoms with van der Waals surface area (Å²) in [6.07, 6.45) is 0. The van der Waals surface area contributed by atoms with Gasteiger partial charge in [-0.3, -0.25) is 4.57 Å². The van der Waals surface area contributed by atoms with Crippen LogP contribution in [0.15, 0.2) is 66.7 Å². The first kappa shape index (κ1) is 20.0. The van der Waals surface area contributed by atoms with E-state index >= 15 is 0 Å². The molecule has 0 atom stereocenters. The van der Waals surface area contributed by atoms with E-state index in [2.05, 4.69) is 36.4 Å². The summed E-state index contributed by atoms with van der Waals surface area (Å²) in [7, 11) is -3.06. The molecule has 1 aliphatic carbocycles. The largest absolute Gasteiger partial charge is 0.441 e. The van der Waals surface area contributed by atoms with Crippen LogP contribution in [-0.2, 0) is 9.09 Å². The third-order valence-corrected chi connectivity index (χ3v) is 9.58. The Hall–Kier alpha value is -2.31. The van der Waals surface area contributed by atoms with Crippen LogP contribution in [0.25, 0.3) is 22.1 Å². The maximum absolute atomic E-state index is 14.3. The minimum absolute atomic E-state index is 0.475. The van der Waals surface area contributed by atoms with Gasteiger partial charge in [-0.2, -0.15) is 0 Å². The number of fused-ring (bicyclic) bond motifs is 2. The molecule has 150 valence electrons. The molecule has 0 fully saturated rings. The van der Waals surface area contributed by atoms with Gasteiger partial charge in [0.2, 0.25) is 0 Å². The Morgan fingerprint density at radius 2 is 1.17 bits per heavy atom. The Kier molecular flexibility index (Phi) is 4.55. The average Bonchev–Trinajstić information content (AvgIpc) is 3.35. The predicted molar refractivity (Wildman–Crippen MR) is 125 cm³/mol. The molecule has 0 spiro atoms. The summed E-state index contributed by atoms with van der Waals surface area (Å²) in [5, 5.41) is 1.47. The highest BCUT2D eigenvalue weighted by Gasteiger charge is 2.50. The quantitative estimate of drug-likeness (QED) is 0.256. The number of benzene rings is 3. The monoisotopic (exact) mass is 404 g/mol. The second-order valence-electron chi connectivity index (χ2n) is 9.80. The Bertz CT molecular complexity index is 1100. The normalized spacial score (nSPS) is 13.9. The number of hydrogen-bond donors (Lipinski definition) is 0. The van der Waals surface area contributed by atoms with Crippen LogP contribution in [0.4, 0.5) is 0 Å². The molecule has 3 heteroatoms. The molecule has 29 heavy (non-hydrogen) atoms. The standard InChI is InChI=1S/C26H29O2P/c1-25(2,3)29(27,26(4,5)6)28-24(18-12-8-7-9-13-18)23-21-16-19-14-10-11-15-20(19)17-22(21)23/h7-17H,1-6H3. The fourth-order valence-electron chi connectivity index (χ4n) is 4.09. The van der Waals surface area contributed by atoms with Crippen LogP contribution >= 0.6 is 7.37 Å². The molecule has 1 aliphatic rings. The predicted octanol–water partition coefficient (Wildman–Crippen LogP) is 7.96. The first-order valence-electron chi connectivity index (χ1n) is 10.2. The zero-order valence-electron chi connectivity index (χ0n) is 18.1. The zero-order valence-corrected chi connectivity index (χ0v) is 19.0. The van der Waals surface area contributed by atoms with Crippen LogP contribution in [-0.4, -0.2) is 10.3 Å². The van der Waals surface area contributed by atoms with Crippen LogP contribution in [0.3, 0.4) is 0 Å². The molecule has 0 amide bonds. The van der Waals surface area contributed by atoms with Crippen LogP contribution in [0, 0.1) is 0 Å². The molecule has 3 aromatic carbocycles. The maximum atomic E-state index is 14.3. The second kappa shape index (κ2) is 6.61. The van der Waals surface area contributed by atoms with E-state index in [1.54, 1.807) is 0 Å². The highest BCUT2D eigenvalue weighted by molar-refractivity contribution is 7.62. The van der Waals surface area contributed by atoms with Crippen molar-refractivity contribution in [1.29, 1.82) is 0 Å². The Morgan fingerprint density at radius 3 is 1.62 bits per heavy atom. The number of hydrogen-bond acceptors (Lipinski definition) is 2. The fourth-order valence-corrected chi connectivity index (χ4v) is 7.10. The van der Waals surface area contributed by atoms with E-state index in [0.717, 1.165) is 16.9 Å². The lowest BCUT2D eigenvalue weighted by molar-refractivity contribution is 0.400. The minimum atomic E-state index is -3.06. The molecule has 4 rings (SSSR count). The van der Waals surface area contributed by atoms with Gasteiger partial charge in [-0.25, -0.2) is 0 Å². The molecule has 0 aliphatic heterocycles. The van der Waals surface area contributed by atoms with E-state index in [1.165, 1.54) is 21.9 Å². The third kappa shape index (κ3) is 3.34. The van der Waals surface area contributed by atoms with Crippen molar-refractivity contribution in [2.24, 2.45) is 0 Å². The first-order chi connectivity index (χ1) is 13.5. The lowest BCUT2D eigenvalue weighted by Gasteiger charge is -2.40. The lowest BCUT2D eigenvalue weighted by Crippen LogP contribution is -2.29. The Labute approximate surface area is 174 Å². The molecule has 0 unspecified atom stereocenters. The van der Waals surface area contributed by atoms with Crippen molar-refractivity contribution < 1.29 is 9.09 Å². The van der Waals surface area contributed by atoms with Crippen molar-refractivity contribution in [1.82, 2.24) is 0 Å². The summed E-state index contributed by atoms with van der Waals surface area (Å²) in [6.45, 7) is 12.1. The zero-order chi connectivity index (χ0) is 21.0. The van der Waals surface area contributed by atoms with Crippen molar-refractivity contribution in [3.05, 3.63) is 83.4 Å². The van der Waals surface area contributed by atoms with Gasteiger partial charge in [-0.05, 0) is 34.0 Å². The maximum Gasteiger partial charge on any atom is 0.258 e. The first-order valence-corrected chi connectivity index (χ1v) is 11.8. The van der Waals surface area contributed by atoms with Crippen LogP contribution < -0.4 is 0 Å². The second-order valence-corrected chi connectivity index (χ2v) is 13.8. The SMILES string of the molecule is CC(C)(C)P(=O)(OC(=C1c2cc3ccccc3cc21)c1ccccc1)C(C)(C)C. The van der Waals surface area contributed by atoms with E-state index < -0.39 is 17.7 Å². The van der Waals surface area contributed by atoms with E-state index in [9.17, 15) is 4.57 Å². The fraction of sp³-hybridized carbons (Fsp3) is 0.308. The van der Waals surface area contributed by atoms with Crippen molar-refractivity contribution in [3.8, 4) is 0 Å². The summed E-state index contributed by atoms with van der Waals surface area (Å²) in [6, 6.07) is 22.9. The summed E-state index contributed by atoms with van der Waals surface area (Å²) in [4.78, 5) is 0. The topological polar surface area (TPSA) is 26.3 Å². The van der Waals surface area contributed by atoms with Gasteiger partial charge < -0.3 is 4.52 Å². The van der Waals surface area contributed by atoms with Crippen LogP contribution in [0.2, 0.25) is 0 Å². The summed E-state index contributed by atoms with van der Waals surface area (Å²) >= 11 is 0. The molecule has 0 N–H and O–H groups in total. The van der Waals surface area contributed by atoms with Gasteiger partial charge in [0.05, 0.1) is 0 Å². The Balaban J connectivity index is 1.91. The summed E-state index contributed by atoms with van der Waals surface area (Å²) in [5.41, 5.74) is 4.44. The Morgan fingerprint density at radius 1 is 0.724 bits per heavy atom. The van der Waals surface area contributed by atoms with Crippen LogP contribution in [0.5, 0.6) is 0 Å². The molecular formula is C26H29O2P. The van der Waals surface area contributed by atoms with Crippen LogP contribution in [0.1, 0.15) is 58.2 Å². The molecule has 0 saturated heterocycles. The van der Waals surface area contributed by atoms with Gasteiger partial charge in [0, 0.05) is 21.4 Å². The van der Waals surface area contributed by atoms with Gasteiger partial charge in [0.15, 0.2) is 0 Å². The van der Waals surface area contributed by atoms with E-state index in [0.29, 0.717) is 0 Å². The van der Waals surface area contributed by atoms with Gasteiger partial charge >= 0.3 is 0 Å². The van der Waals surface area contributed by atoms with E-state index in [-0.39, 0.29) is 0 Å². The van der Waals surface area contributed by atoms with Gasteiger partial charge in [0.25, 0.3) is 7.37 Å². The van der Waals surface area contributed by atoms with Crippen molar-refractivity contribution in [2.45, 2.75) is 51.9 Å². The van der Waals surface area contributed by atoms with Crippen molar-refractivity contribution in [2.75, 3.05) is 0 Å². The highest BCUT2D eigenvalue weighted by atomic mass is 31.2. The molecular weight excluding hydrogens is 375 g/mol. The van der Waals surface area contributed by atoms with Gasteiger partial charge in [-0.15, -0.1) is 0 Å². The molecule has 0 saturated carbocycles. The van der Waals surface area contributed by atoms with Crippen molar-refractivity contribution >= 4 is 29.5 Å². The molecule has 0 heterocycles. The number of rotatable bonds is 3. The summed E-state index contributed by atoms with van der Waals surface area (Å²) < 4.78 is 20.9. The van der Waals surface area contributed by atoms with Gasteiger partial charge in [-0.1, -0.05) is 96.1 Å². The van der Waals surface area contributed by atoms with Gasteiger partial charge in [0.1, 0.15) is 5.76 Å². The minimum Gasteiger partial charge on any atom is -0.441 e. The highest BCUT2D eigenvalue weighted by Crippen LogP contribution is 2.70.